The van der Waals surface area contributed by atoms with Crippen molar-refractivity contribution in [2.24, 2.45) is 21.1 Å². The Morgan fingerprint density at radius 3 is 1.60 bits per heavy atom. The largest absolute Gasteiger partial charge is 0.394 e. The highest BCUT2D eigenvalue weighted by atomic mass is 16.7. The van der Waals surface area contributed by atoms with Gasteiger partial charge in [0.1, 0.15) is 42.7 Å². The van der Waals surface area contributed by atoms with Gasteiger partial charge in [0, 0.05) is 47.7 Å². The van der Waals surface area contributed by atoms with Gasteiger partial charge in [-0.2, -0.15) is 0 Å². The van der Waals surface area contributed by atoms with Crippen molar-refractivity contribution in [2.45, 2.75) is 171 Å². The summed E-state index contributed by atoms with van der Waals surface area (Å²) in [7, 11) is 0. The molecule has 0 aromatic rings. The molecule has 0 spiro atoms. The van der Waals surface area contributed by atoms with E-state index in [4.69, 9.17) is 43.6 Å². The van der Waals surface area contributed by atoms with Gasteiger partial charge in [-0.05, 0) is 48.7 Å². The second-order valence-electron chi connectivity index (χ2n) is 13.4. The summed E-state index contributed by atoms with van der Waals surface area (Å²) in [6.45, 7) is 8.87. The van der Waals surface area contributed by atoms with Crippen LogP contribution in [-0.4, -0.2) is 135 Å². The van der Waals surface area contributed by atoms with Gasteiger partial charge in [0.15, 0.2) is 12.6 Å². The molecular formula is C33H60N10O10. The van der Waals surface area contributed by atoms with Crippen molar-refractivity contribution < 1.29 is 48.1 Å². The van der Waals surface area contributed by atoms with E-state index in [9.17, 15) is 26.8 Å². The molecule has 0 bridgehead atoms. The molecule has 0 aromatic heterocycles. The molecule has 4 N–H and O–H groups in total. The van der Waals surface area contributed by atoms with Gasteiger partial charge in [0.2, 0.25) is 0 Å². The third-order valence-electron chi connectivity index (χ3n) is 9.61. The van der Waals surface area contributed by atoms with Gasteiger partial charge in [-0.15, -0.1) is 0 Å². The average molecular weight is 757 g/mol. The quantitative estimate of drug-likeness (QED) is 0.0496. The SMILES string of the molecule is CCCCOC1C(OC2C(OCCCC)C(N=[N+]=[N-])CC(N=[N+]=[N-])C2OC2OC(CN)C(OCCCC)C(OCCCC)C2N=[N+]=[N-])OC(CO)C1O. The summed E-state index contributed by atoms with van der Waals surface area (Å²) in [5.41, 5.74) is 35.3. The van der Waals surface area contributed by atoms with Crippen LogP contribution in [0.15, 0.2) is 15.3 Å². The molecule has 53 heavy (non-hydrogen) atoms. The molecule has 20 nitrogen and oxygen atoms in total. The maximum Gasteiger partial charge on any atom is 0.187 e. The number of unbranched alkanes of at least 4 members (excludes halogenated alkanes) is 4. The second kappa shape index (κ2) is 24.8. The first-order chi connectivity index (χ1) is 25.9. The zero-order valence-electron chi connectivity index (χ0n) is 31.5. The standard InChI is InChI=1S/C33H60N10O10/c1-5-9-13-46-26-20(38-41-35)17-21(39-42-36)27(31(26)53-33-30(49-16-12-8-4)25(45)23(19-44)51-33)52-32-24(40-43-37)29(48-15-11-7-3)28(22(18-34)50-32)47-14-10-6-2/h20-33,44-45H,5-19,34H2,1-4H3. The predicted molar refractivity (Wildman–Crippen MR) is 191 cm³/mol. The summed E-state index contributed by atoms with van der Waals surface area (Å²) < 4.78 is 50.7. The van der Waals surface area contributed by atoms with Crippen LogP contribution in [0.25, 0.3) is 31.3 Å². The van der Waals surface area contributed by atoms with Crippen molar-refractivity contribution >= 4 is 0 Å². The lowest BCUT2D eigenvalue weighted by atomic mass is 9.83. The second-order valence-corrected chi connectivity index (χ2v) is 13.4. The van der Waals surface area contributed by atoms with Crippen LogP contribution in [0, 0.1) is 0 Å². The number of ether oxygens (including phenoxy) is 8. The monoisotopic (exact) mass is 756 g/mol. The molecule has 1 aliphatic carbocycles. The van der Waals surface area contributed by atoms with Crippen molar-refractivity contribution in [3.63, 3.8) is 0 Å². The van der Waals surface area contributed by atoms with E-state index < -0.39 is 92.2 Å². The molecule has 302 valence electrons. The molecule has 3 rings (SSSR count). The van der Waals surface area contributed by atoms with E-state index in [1.165, 1.54) is 0 Å². The zero-order chi connectivity index (χ0) is 38.6. The van der Waals surface area contributed by atoms with Crippen molar-refractivity contribution in [3.8, 4) is 0 Å². The topological polar surface area (TPSA) is 287 Å². The maximum atomic E-state index is 11.1. The summed E-state index contributed by atoms with van der Waals surface area (Å²) in [6, 6.07) is -2.98. The number of aliphatic hydroxyl groups is 2. The third kappa shape index (κ3) is 12.5. The fraction of sp³-hybridized carbons (Fsp3) is 1.00. The van der Waals surface area contributed by atoms with Crippen molar-refractivity contribution in [2.75, 3.05) is 39.6 Å². The Balaban J connectivity index is 2.12. The minimum atomic E-state index is -1.30. The molecule has 0 amide bonds. The van der Waals surface area contributed by atoms with Crippen LogP contribution in [0.4, 0.5) is 0 Å². The van der Waals surface area contributed by atoms with Gasteiger partial charge >= 0.3 is 0 Å². The molecule has 14 atom stereocenters. The smallest absolute Gasteiger partial charge is 0.187 e. The summed E-state index contributed by atoms with van der Waals surface area (Å²) >= 11 is 0. The Hall–Kier alpha value is -2.51. The Morgan fingerprint density at radius 1 is 0.623 bits per heavy atom. The number of rotatable bonds is 25. The van der Waals surface area contributed by atoms with Crippen molar-refractivity contribution in [1.29, 1.82) is 0 Å². The van der Waals surface area contributed by atoms with E-state index in [0.717, 1.165) is 38.5 Å². The van der Waals surface area contributed by atoms with E-state index in [0.29, 0.717) is 26.1 Å². The highest BCUT2D eigenvalue weighted by Gasteiger charge is 2.55. The molecule has 0 aromatic carbocycles. The lowest BCUT2D eigenvalue weighted by molar-refractivity contribution is -0.315. The molecule has 0 radical (unpaired) electrons. The molecule has 20 heteroatoms. The number of nitrogens with two attached hydrogens (primary N) is 1. The predicted octanol–water partition coefficient (Wildman–Crippen LogP) is 4.70. The van der Waals surface area contributed by atoms with Crippen LogP contribution in [-0.2, 0) is 37.9 Å². The van der Waals surface area contributed by atoms with Crippen LogP contribution in [0.2, 0.25) is 0 Å². The lowest BCUT2D eigenvalue weighted by Crippen LogP contribution is -2.65. The van der Waals surface area contributed by atoms with Crippen LogP contribution in [0.5, 0.6) is 0 Å². The Kier molecular flexibility index (Phi) is 21.0. The Bertz CT molecular complexity index is 1190. The van der Waals surface area contributed by atoms with E-state index in [1.54, 1.807) is 0 Å². The van der Waals surface area contributed by atoms with E-state index >= 15 is 0 Å². The van der Waals surface area contributed by atoms with E-state index in [2.05, 4.69) is 30.1 Å². The van der Waals surface area contributed by atoms with Crippen LogP contribution < -0.4 is 5.73 Å². The Labute approximate surface area is 311 Å². The molecule has 14 unspecified atom stereocenters. The fourth-order valence-electron chi connectivity index (χ4n) is 6.70. The van der Waals surface area contributed by atoms with Crippen molar-refractivity contribution in [1.82, 2.24) is 0 Å². The van der Waals surface area contributed by atoms with Gasteiger partial charge < -0.3 is 53.8 Å². The van der Waals surface area contributed by atoms with E-state index in [-0.39, 0.29) is 26.2 Å². The molecule has 2 heterocycles. The number of hydrogen-bond donors (Lipinski definition) is 3. The van der Waals surface area contributed by atoms with Gasteiger partial charge in [-0.3, -0.25) is 0 Å². The first-order valence-electron chi connectivity index (χ1n) is 19.1. The van der Waals surface area contributed by atoms with Crippen LogP contribution in [0.1, 0.15) is 85.5 Å². The highest BCUT2D eigenvalue weighted by molar-refractivity contribution is 5.05. The molecule has 1 saturated carbocycles. The molecule has 3 aliphatic rings. The number of azide groups is 3. The number of aliphatic hydroxyl groups excluding tert-OH is 2. The number of hydrogen-bond acceptors (Lipinski definition) is 14. The first kappa shape index (κ1) is 44.9. The Morgan fingerprint density at radius 2 is 1.09 bits per heavy atom. The molecule has 3 fully saturated rings. The van der Waals surface area contributed by atoms with Gasteiger partial charge in [0.25, 0.3) is 0 Å². The summed E-state index contributed by atoms with van der Waals surface area (Å²) in [6.07, 6.45) is -5.13. The summed E-state index contributed by atoms with van der Waals surface area (Å²) in [5.74, 6) is 0. The molecule has 2 saturated heterocycles. The normalized spacial score (nSPS) is 35.6. The maximum absolute atomic E-state index is 11.1. The average Bonchev–Trinajstić information content (AvgIpc) is 3.45. The van der Waals surface area contributed by atoms with Gasteiger partial charge in [-0.1, -0.05) is 68.7 Å². The third-order valence-corrected chi connectivity index (χ3v) is 9.61. The summed E-state index contributed by atoms with van der Waals surface area (Å²) in [5, 5.41) is 33.2. The molecular weight excluding hydrogens is 696 g/mol. The van der Waals surface area contributed by atoms with Crippen LogP contribution in [0.3, 0.4) is 0 Å². The van der Waals surface area contributed by atoms with Crippen molar-refractivity contribution in [3.05, 3.63) is 31.3 Å². The van der Waals surface area contributed by atoms with E-state index in [1.807, 2.05) is 27.7 Å². The van der Waals surface area contributed by atoms with Crippen LogP contribution >= 0.6 is 0 Å². The zero-order valence-corrected chi connectivity index (χ0v) is 31.5. The summed E-state index contributed by atoms with van der Waals surface area (Å²) in [4.78, 5) is 9.22. The lowest BCUT2D eigenvalue weighted by Gasteiger charge is -2.49. The number of nitrogens with zero attached hydrogens (tertiary/aromatic N) is 9. The van der Waals surface area contributed by atoms with Gasteiger partial charge in [-0.25, -0.2) is 0 Å². The van der Waals surface area contributed by atoms with Gasteiger partial charge in [0.05, 0.1) is 37.0 Å². The minimum Gasteiger partial charge on any atom is -0.394 e. The fourth-order valence-corrected chi connectivity index (χ4v) is 6.70. The molecule has 2 aliphatic heterocycles. The minimum absolute atomic E-state index is 0.0116. The first-order valence-corrected chi connectivity index (χ1v) is 19.1. The highest BCUT2D eigenvalue weighted by Crippen LogP contribution is 2.38.